The van der Waals surface area contributed by atoms with Crippen molar-refractivity contribution in [1.82, 2.24) is 9.97 Å². The number of aliphatic hydroxyl groups excluding tert-OH is 1. The van der Waals surface area contributed by atoms with Crippen LogP contribution in [0.5, 0.6) is 5.75 Å². The minimum Gasteiger partial charge on any atom is -0.506 e. The third kappa shape index (κ3) is 4.67. The molecule has 2 N–H and O–H groups in total. The van der Waals surface area contributed by atoms with Gasteiger partial charge in [0.25, 0.3) is 10.0 Å². The minimum atomic E-state index is -4.11. The van der Waals surface area contributed by atoms with Crippen molar-refractivity contribution in [3.8, 4) is 17.6 Å². The van der Waals surface area contributed by atoms with Gasteiger partial charge < -0.3 is 9.84 Å². The number of nitrogens with one attached hydrogen (secondary N) is 1. The van der Waals surface area contributed by atoms with E-state index in [4.69, 9.17) is 4.74 Å². The molecular formula is C25H18FN3O4S. The Kier molecular flexibility index (Phi) is 6.17. The van der Waals surface area contributed by atoms with E-state index in [1.807, 2.05) is 0 Å². The Labute approximate surface area is 195 Å². The van der Waals surface area contributed by atoms with E-state index in [1.54, 1.807) is 24.3 Å². The summed E-state index contributed by atoms with van der Waals surface area (Å²) >= 11 is 0. The average Bonchev–Trinajstić information content (AvgIpc) is 2.83. The molecule has 170 valence electrons. The van der Waals surface area contributed by atoms with Gasteiger partial charge in [-0.15, -0.1) is 0 Å². The van der Waals surface area contributed by atoms with E-state index in [9.17, 15) is 17.9 Å². The highest BCUT2D eigenvalue weighted by atomic mass is 32.2. The molecule has 0 saturated carbocycles. The first kappa shape index (κ1) is 22.8. The predicted molar refractivity (Wildman–Crippen MR) is 127 cm³/mol. The molecule has 2 heterocycles. The lowest BCUT2D eigenvalue weighted by atomic mass is 10.1. The molecule has 4 rings (SSSR count). The van der Waals surface area contributed by atoms with Gasteiger partial charge in [0.1, 0.15) is 27.9 Å². The summed E-state index contributed by atoms with van der Waals surface area (Å²) in [6.45, 7) is 3.40. The van der Waals surface area contributed by atoms with Crippen molar-refractivity contribution in [3.63, 3.8) is 0 Å². The van der Waals surface area contributed by atoms with Gasteiger partial charge in [0.05, 0.1) is 23.9 Å². The van der Waals surface area contributed by atoms with Crippen molar-refractivity contribution in [1.29, 1.82) is 0 Å². The van der Waals surface area contributed by atoms with E-state index in [1.165, 1.54) is 37.7 Å². The summed E-state index contributed by atoms with van der Waals surface area (Å²) in [5, 5.41) is 9.91. The van der Waals surface area contributed by atoms with Crippen LogP contribution in [0.2, 0.25) is 0 Å². The molecule has 0 radical (unpaired) electrons. The maximum Gasteiger partial charge on any atom is 0.264 e. The van der Waals surface area contributed by atoms with Gasteiger partial charge in [0.2, 0.25) is 0 Å². The number of halogens is 1. The van der Waals surface area contributed by atoms with E-state index >= 15 is 0 Å². The van der Waals surface area contributed by atoms with Crippen LogP contribution in [0.15, 0.2) is 78.5 Å². The Morgan fingerprint density at radius 3 is 2.65 bits per heavy atom. The number of nitrogens with zero attached hydrogens (tertiary/aromatic N) is 2. The second-order valence-corrected chi connectivity index (χ2v) is 8.74. The molecule has 0 aliphatic rings. The van der Waals surface area contributed by atoms with Gasteiger partial charge in [0.15, 0.2) is 0 Å². The Bertz CT molecular complexity index is 1570. The number of aliphatic hydroxyl groups is 1. The van der Waals surface area contributed by atoms with Crippen LogP contribution in [-0.2, 0) is 10.0 Å². The quantitative estimate of drug-likeness (QED) is 0.325. The van der Waals surface area contributed by atoms with Crippen LogP contribution in [0.1, 0.15) is 16.8 Å². The Morgan fingerprint density at radius 1 is 1.12 bits per heavy atom. The Balaban J connectivity index is 1.72. The van der Waals surface area contributed by atoms with E-state index in [0.717, 1.165) is 12.1 Å². The molecule has 0 fully saturated rings. The lowest BCUT2D eigenvalue weighted by Gasteiger charge is -2.13. The van der Waals surface area contributed by atoms with Gasteiger partial charge in [-0.2, -0.15) is 0 Å². The molecule has 2 aromatic heterocycles. The topological polar surface area (TPSA) is 101 Å². The fraction of sp³-hybridized carbons (Fsp3) is 0.0400. The van der Waals surface area contributed by atoms with Gasteiger partial charge >= 0.3 is 0 Å². The zero-order valence-electron chi connectivity index (χ0n) is 17.9. The lowest BCUT2D eigenvalue weighted by Crippen LogP contribution is -2.15. The Hall–Kier alpha value is -4.42. The smallest absolute Gasteiger partial charge is 0.264 e. The SMILES string of the molecule is C=C(O)c1ccc(C#Cc2cc(F)ccc2NS(=O)(=O)c2ccc(OC)c3cccnc23)cn1. The number of pyridine rings is 2. The summed E-state index contributed by atoms with van der Waals surface area (Å²) < 4.78 is 48.2. The van der Waals surface area contributed by atoms with Crippen LogP contribution in [0, 0.1) is 17.7 Å². The summed E-state index contributed by atoms with van der Waals surface area (Å²) in [5.74, 6) is 5.31. The molecule has 34 heavy (non-hydrogen) atoms. The molecule has 0 saturated heterocycles. The highest BCUT2D eigenvalue weighted by molar-refractivity contribution is 7.93. The summed E-state index contributed by atoms with van der Waals surface area (Å²) in [6.07, 6.45) is 2.91. The van der Waals surface area contributed by atoms with Crippen molar-refractivity contribution in [2.45, 2.75) is 4.90 Å². The molecule has 9 heteroatoms. The molecule has 0 unspecified atom stereocenters. The van der Waals surface area contributed by atoms with Crippen molar-refractivity contribution < 1.29 is 22.7 Å². The second-order valence-electron chi connectivity index (χ2n) is 7.09. The number of sulfonamides is 1. The minimum absolute atomic E-state index is 0.0591. The average molecular weight is 476 g/mol. The van der Waals surface area contributed by atoms with Crippen LogP contribution in [0.4, 0.5) is 10.1 Å². The standard InChI is InChI=1S/C25H18FN3O4S/c1-16(30)21-9-6-17(15-28-21)5-7-18-14-19(26)8-10-22(18)29-34(31,32)24-12-11-23(33-2)20-4-3-13-27-25(20)24/h3-4,6,8-15,29-30H,1H2,2H3. The number of aromatic nitrogens is 2. The first-order valence-electron chi connectivity index (χ1n) is 9.89. The highest BCUT2D eigenvalue weighted by Gasteiger charge is 2.21. The number of hydrogen-bond acceptors (Lipinski definition) is 6. The number of fused-ring (bicyclic) bond motifs is 1. The first-order valence-corrected chi connectivity index (χ1v) is 11.4. The van der Waals surface area contributed by atoms with Crippen molar-refractivity contribution in [2.75, 3.05) is 11.8 Å². The summed E-state index contributed by atoms with van der Waals surface area (Å²) in [6, 6.07) is 13.0. The normalized spacial score (nSPS) is 10.9. The van der Waals surface area contributed by atoms with E-state index in [0.29, 0.717) is 22.4 Å². The largest absolute Gasteiger partial charge is 0.506 e. The van der Waals surface area contributed by atoms with Gasteiger partial charge in [0, 0.05) is 23.3 Å². The monoisotopic (exact) mass is 475 g/mol. The number of anilines is 1. The van der Waals surface area contributed by atoms with Crippen LogP contribution >= 0.6 is 0 Å². The van der Waals surface area contributed by atoms with Gasteiger partial charge in [-0.05, 0) is 54.6 Å². The number of ether oxygens (including phenoxy) is 1. The fourth-order valence-corrected chi connectivity index (χ4v) is 4.44. The molecular weight excluding hydrogens is 457 g/mol. The highest BCUT2D eigenvalue weighted by Crippen LogP contribution is 2.31. The first-order chi connectivity index (χ1) is 16.3. The Morgan fingerprint density at radius 2 is 1.94 bits per heavy atom. The van der Waals surface area contributed by atoms with E-state index in [-0.39, 0.29) is 27.4 Å². The summed E-state index contributed by atoms with van der Waals surface area (Å²) in [7, 11) is -2.62. The molecule has 7 nitrogen and oxygen atoms in total. The second kappa shape index (κ2) is 9.21. The fourth-order valence-electron chi connectivity index (χ4n) is 3.20. The molecule has 0 aliphatic carbocycles. The van der Waals surface area contributed by atoms with Gasteiger partial charge in [-0.25, -0.2) is 12.8 Å². The van der Waals surface area contributed by atoms with E-state index in [2.05, 4.69) is 33.1 Å². The molecule has 0 bridgehead atoms. The van der Waals surface area contributed by atoms with Crippen LogP contribution in [0.25, 0.3) is 16.7 Å². The van der Waals surface area contributed by atoms with Crippen LogP contribution < -0.4 is 9.46 Å². The van der Waals surface area contributed by atoms with Crippen LogP contribution in [-0.4, -0.2) is 30.6 Å². The maximum absolute atomic E-state index is 13.9. The molecule has 0 spiro atoms. The maximum atomic E-state index is 13.9. The zero-order chi connectivity index (χ0) is 24.3. The third-order valence-electron chi connectivity index (χ3n) is 4.83. The molecule has 0 amide bonds. The van der Waals surface area contributed by atoms with Crippen LogP contribution in [0.3, 0.4) is 0 Å². The number of rotatable bonds is 5. The van der Waals surface area contributed by atoms with Gasteiger partial charge in [-0.3, -0.25) is 14.7 Å². The van der Waals surface area contributed by atoms with Crippen molar-refractivity contribution in [2.24, 2.45) is 0 Å². The lowest BCUT2D eigenvalue weighted by molar-refractivity contribution is 0.419. The molecule has 2 aromatic carbocycles. The molecule has 0 aliphatic heterocycles. The summed E-state index contributed by atoms with van der Waals surface area (Å²) in [5.41, 5.74) is 1.24. The zero-order valence-corrected chi connectivity index (χ0v) is 18.7. The number of hydrogen-bond donors (Lipinski definition) is 2. The van der Waals surface area contributed by atoms with Gasteiger partial charge in [-0.1, -0.05) is 18.4 Å². The predicted octanol–water partition coefficient (Wildman–Crippen LogP) is 4.51. The van der Waals surface area contributed by atoms with Crippen molar-refractivity contribution in [3.05, 3.63) is 96.2 Å². The van der Waals surface area contributed by atoms with Crippen molar-refractivity contribution >= 4 is 32.4 Å². The summed E-state index contributed by atoms with van der Waals surface area (Å²) in [4.78, 5) is 8.17. The third-order valence-corrected chi connectivity index (χ3v) is 6.23. The van der Waals surface area contributed by atoms with E-state index < -0.39 is 15.8 Å². The number of methoxy groups -OCH3 is 1. The molecule has 4 aromatic rings. The molecule has 0 atom stereocenters. The number of benzene rings is 2.